The van der Waals surface area contributed by atoms with E-state index in [1.165, 1.54) is 10.4 Å². The molecule has 0 nitrogen and oxygen atoms in total. The van der Waals surface area contributed by atoms with Gasteiger partial charge in [0.05, 0.1) is 8.80 Å². The van der Waals surface area contributed by atoms with Gasteiger partial charge in [-0.2, -0.15) is 0 Å². The van der Waals surface area contributed by atoms with Gasteiger partial charge in [-0.25, -0.2) is 0 Å². The second-order valence-electron chi connectivity index (χ2n) is 4.50. The molecule has 0 bridgehead atoms. The van der Waals surface area contributed by atoms with Crippen LogP contribution in [0.25, 0.3) is 0 Å². The van der Waals surface area contributed by atoms with Gasteiger partial charge >= 0.3 is 0 Å². The smallest absolute Gasteiger partial charge is 0.103 e. The van der Waals surface area contributed by atoms with Crippen LogP contribution in [0.5, 0.6) is 0 Å². The molecule has 0 saturated heterocycles. The normalized spacial score (nSPS) is 11.8. The van der Waals surface area contributed by atoms with Crippen LogP contribution in [-0.4, -0.2) is 16.9 Å². The highest BCUT2D eigenvalue weighted by molar-refractivity contribution is 6.93. The van der Waals surface area contributed by atoms with Gasteiger partial charge < -0.3 is 0 Å². The summed E-state index contributed by atoms with van der Waals surface area (Å²) in [4.78, 5) is 0. The molecule has 1 rings (SSSR count). The maximum absolute atomic E-state index is 3.93. The fourth-order valence-electron chi connectivity index (χ4n) is 1.35. The lowest BCUT2D eigenvalue weighted by Crippen LogP contribution is -2.40. The molecule has 14 heavy (non-hydrogen) atoms. The zero-order valence-corrected chi connectivity index (χ0v) is 11.6. The molecule has 1 aromatic carbocycles. The molecule has 0 unspecified atom stereocenters. The maximum Gasteiger partial charge on any atom is 0.103 e. The van der Waals surface area contributed by atoms with E-state index in [4.69, 9.17) is 0 Å². The summed E-state index contributed by atoms with van der Waals surface area (Å²) < 4.78 is 0. The first kappa shape index (κ1) is 11.5. The van der Waals surface area contributed by atoms with E-state index in [1.54, 1.807) is 0 Å². The molecule has 2 heteroatoms. The Morgan fingerprint density at radius 2 is 1.64 bits per heavy atom. The first-order valence-electron chi connectivity index (χ1n) is 5.02. The van der Waals surface area contributed by atoms with E-state index in [9.17, 15) is 0 Å². The van der Waals surface area contributed by atoms with E-state index in [0.717, 1.165) is 0 Å². The molecule has 0 spiro atoms. The van der Waals surface area contributed by atoms with Crippen LogP contribution in [0.1, 0.15) is 0 Å². The minimum Gasteiger partial charge on any atom is -0.107 e. The molecule has 0 aliphatic rings. The molecular formula is C12H19Si2. The highest BCUT2D eigenvalue weighted by Crippen LogP contribution is 2.03. The highest BCUT2D eigenvalue weighted by Gasteiger charge is 2.18. The molecule has 0 aromatic heterocycles. The summed E-state index contributed by atoms with van der Waals surface area (Å²) in [7, 11) is -1.63. The van der Waals surface area contributed by atoms with E-state index in [1.807, 2.05) is 0 Å². The van der Waals surface area contributed by atoms with Crippen molar-refractivity contribution in [3.8, 4) is 0 Å². The van der Waals surface area contributed by atoms with Gasteiger partial charge in [-0.3, -0.25) is 0 Å². The van der Waals surface area contributed by atoms with Crippen LogP contribution in [0, 0.1) is 0 Å². The van der Waals surface area contributed by atoms with E-state index in [2.05, 4.69) is 62.7 Å². The standard InChI is InChI=1S/C12H19Si2/c1-6-14(4,5)12-9-7-11(8-10-12)13(2)3/h6-10H,1H2,2-5H3. The van der Waals surface area contributed by atoms with Crippen LogP contribution < -0.4 is 10.4 Å². The predicted octanol–water partition coefficient (Wildman–Crippen LogP) is 2.29. The second kappa shape index (κ2) is 4.28. The molecule has 0 saturated carbocycles. The highest BCUT2D eigenvalue weighted by atomic mass is 28.3. The Hall–Kier alpha value is -0.606. The zero-order valence-electron chi connectivity index (χ0n) is 9.59. The van der Waals surface area contributed by atoms with Gasteiger partial charge in [0.15, 0.2) is 0 Å². The summed E-state index contributed by atoms with van der Waals surface area (Å²) in [5.41, 5.74) is 2.14. The van der Waals surface area contributed by atoms with Crippen molar-refractivity contribution in [1.82, 2.24) is 0 Å². The third kappa shape index (κ3) is 2.45. The van der Waals surface area contributed by atoms with Crippen molar-refractivity contribution in [2.24, 2.45) is 0 Å². The van der Waals surface area contributed by atoms with E-state index >= 15 is 0 Å². The third-order valence-electron chi connectivity index (χ3n) is 2.72. The van der Waals surface area contributed by atoms with Crippen LogP contribution in [0.4, 0.5) is 0 Å². The largest absolute Gasteiger partial charge is 0.107 e. The lowest BCUT2D eigenvalue weighted by Gasteiger charge is -2.18. The van der Waals surface area contributed by atoms with E-state index in [-0.39, 0.29) is 8.80 Å². The van der Waals surface area contributed by atoms with Gasteiger partial charge in [-0.05, 0) is 0 Å². The summed E-state index contributed by atoms with van der Waals surface area (Å²) in [6.45, 7) is 13.3. The van der Waals surface area contributed by atoms with Crippen molar-refractivity contribution in [3.63, 3.8) is 0 Å². The van der Waals surface area contributed by atoms with Crippen LogP contribution >= 0.6 is 0 Å². The first-order chi connectivity index (χ1) is 6.47. The van der Waals surface area contributed by atoms with Crippen LogP contribution in [-0.2, 0) is 0 Å². The Kier molecular flexibility index (Phi) is 3.50. The molecule has 1 aromatic rings. The fourth-order valence-corrected chi connectivity index (χ4v) is 3.45. The summed E-state index contributed by atoms with van der Waals surface area (Å²) in [6.07, 6.45) is 0. The second-order valence-corrected chi connectivity index (χ2v) is 11.5. The molecule has 0 amide bonds. The first-order valence-corrected chi connectivity index (χ1v) is 10.6. The summed E-state index contributed by atoms with van der Waals surface area (Å²) >= 11 is 0. The summed E-state index contributed by atoms with van der Waals surface area (Å²) in [6, 6.07) is 9.17. The Labute approximate surface area is 90.3 Å². The SMILES string of the molecule is C=C[Si](C)(C)c1ccc([Si](C)C)cc1. The number of benzene rings is 1. The molecule has 0 atom stereocenters. The number of rotatable bonds is 3. The van der Waals surface area contributed by atoms with Crippen molar-refractivity contribution in [2.45, 2.75) is 26.2 Å². The molecule has 0 heterocycles. The van der Waals surface area contributed by atoms with Crippen LogP contribution in [0.15, 0.2) is 36.5 Å². The van der Waals surface area contributed by atoms with Gasteiger partial charge in [-0.1, -0.05) is 66.5 Å². The molecule has 1 radical (unpaired) electrons. The maximum atomic E-state index is 3.93. The average molecular weight is 219 g/mol. The lowest BCUT2D eigenvalue weighted by atomic mass is 10.4. The van der Waals surface area contributed by atoms with Crippen molar-refractivity contribution in [1.29, 1.82) is 0 Å². The molecule has 0 N–H and O–H groups in total. The Morgan fingerprint density at radius 3 is 2.00 bits per heavy atom. The Balaban J connectivity index is 2.99. The summed E-state index contributed by atoms with van der Waals surface area (Å²) in [5, 5.41) is 3.01. The fraction of sp³-hybridized carbons (Fsp3) is 0.333. The average Bonchev–Trinajstić information content (AvgIpc) is 2.18. The predicted molar refractivity (Wildman–Crippen MR) is 70.9 cm³/mol. The van der Waals surface area contributed by atoms with Gasteiger partial charge in [0, 0.05) is 0 Å². The Morgan fingerprint density at radius 1 is 1.14 bits per heavy atom. The van der Waals surface area contributed by atoms with Crippen molar-refractivity contribution < 1.29 is 0 Å². The van der Waals surface area contributed by atoms with Crippen molar-refractivity contribution in [3.05, 3.63) is 36.5 Å². The van der Waals surface area contributed by atoms with Crippen molar-refractivity contribution in [2.75, 3.05) is 0 Å². The Bertz CT molecular complexity index is 310. The quantitative estimate of drug-likeness (QED) is 0.684. The monoisotopic (exact) mass is 219 g/mol. The summed E-state index contributed by atoms with van der Waals surface area (Å²) in [5.74, 6) is 0. The molecule has 0 fully saturated rings. The minimum atomic E-state index is -1.34. The van der Waals surface area contributed by atoms with Crippen LogP contribution in [0.2, 0.25) is 26.2 Å². The molecule has 75 valence electrons. The van der Waals surface area contributed by atoms with Crippen molar-refractivity contribution >= 4 is 27.2 Å². The van der Waals surface area contributed by atoms with Gasteiger partial charge in [0.25, 0.3) is 0 Å². The van der Waals surface area contributed by atoms with Gasteiger partial charge in [0.1, 0.15) is 8.07 Å². The number of hydrogen-bond donors (Lipinski definition) is 0. The third-order valence-corrected chi connectivity index (χ3v) is 7.05. The molecule has 0 aliphatic heterocycles. The van der Waals surface area contributed by atoms with E-state index < -0.39 is 8.07 Å². The molecule has 0 aliphatic carbocycles. The van der Waals surface area contributed by atoms with Gasteiger partial charge in [-0.15, -0.1) is 6.58 Å². The minimum absolute atomic E-state index is 0.291. The number of hydrogen-bond acceptors (Lipinski definition) is 0. The van der Waals surface area contributed by atoms with Gasteiger partial charge in [0.2, 0.25) is 0 Å². The van der Waals surface area contributed by atoms with E-state index in [0.29, 0.717) is 0 Å². The topological polar surface area (TPSA) is 0 Å². The van der Waals surface area contributed by atoms with Crippen LogP contribution in [0.3, 0.4) is 0 Å². The lowest BCUT2D eigenvalue weighted by molar-refractivity contribution is 1.73. The molecular weight excluding hydrogens is 200 g/mol. The zero-order chi connectivity index (χ0) is 10.8.